The van der Waals surface area contributed by atoms with E-state index in [1.807, 2.05) is 0 Å². The molecular weight excluding hydrogens is 248 g/mol. The summed E-state index contributed by atoms with van der Waals surface area (Å²) in [6.07, 6.45) is 4.55. The van der Waals surface area contributed by atoms with E-state index in [-0.39, 0.29) is 6.04 Å². The summed E-state index contributed by atoms with van der Waals surface area (Å²) in [7, 11) is 0. The fourth-order valence-corrected chi connectivity index (χ4v) is 4.40. The Hall–Kier alpha value is -0.900. The van der Waals surface area contributed by atoms with Gasteiger partial charge in [0.1, 0.15) is 0 Å². The summed E-state index contributed by atoms with van der Waals surface area (Å²) in [4.78, 5) is 2.61. The number of morpholine rings is 1. The Morgan fingerprint density at radius 3 is 2.45 bits per heavy atom. The molecule has 108 valence electrons. The molecule has 1 aromatic rings. The average Bonchev–Trinajstić information content (AvgIpc) is 2.81. The smallest absolute Gasteiger partial charge is 0.0707 e. The maximum absolute atomic E-state index is 6.61. The molecule has 3 nitrogen and oxygen atoms in total. The van der Waals surface area contributed by atoms with Gasteiger partial charge < -0.3 is 10.5 Å². The Labute approximate surface area is 121 Å². The molecule has 3 aliphatic rings. The van der Waals surface area contributed by atoms with Gasteiger partial charge in [0.25, 0.3) is 0 Å². The minimum atomic E-state index is 0.153. The van der Waals surface area contributed by atoms with E-state index in [0.29, 0.717) is 24.2 Å². The third kappa shape index (κ3) is 2.00. The van der Waals surface area contributed by atoms with Crippen LogP contribution in [0.1, 0.15) is 49.3 Å². The summed E-state index contributed by atoms with van der Waals surface area (Å²) in [5.74, 6) is 0.608. The van der Waals surface area contributed by atoms with E-state index in [9.17, 15) is 0 Å². The van der Waals surface area contributed by atoms with Gasteiger partial charge in [0.15, 0.2) is 0 Å². The first-order valence-corrected chi connectivity index (χ1v) is 7.96. The lowest BCUT2D eigenvalue weighted by Gasteiger charge is -2.44. The number of rotatable bonds is 1. The third-order valence-corrected chi connectivity index (χ3v) is 5.44. The zero-order valence-corrected chi connectivity index (χ0v) is 12.2. The highest BCUT2D eigenvalue weighted by Gasteiger charge is 2.41. The molecule has 2 N–H and O–H groups in total. The number of ether oxygens (including phenoxy) is 1. The first-order chi connectivity index (χ1) is 9.72. The minimum absolute atomic E-state index is 0.153. The van der Waals surface area contributed by atoms with Crippen molar-refractivity contribution in [2.45, 2.75) is 56.4 Å². The van der Waals surface area contributed by atoms with Gasteiger partial charge in [-0.05, 0) is 36.3 Å². The molecule has 0 amide bonds. The second-order valence-corrected chi connectivity index (χ2v) is 6.77. The number of nitrogens with zero attached hydrogens (tertiary/aromatic N) is 1. The molecule has 2 fully saturated rings. The van der Waals surface area contributed by atoms with Crippen molar-refractivity contribution in [1.82, 2.24) is 4.90 Å². The molecule has 2 aliphatic heterocycles. The molecule has 0 spiro atoms. The molecule has 0 aromatic heterocycles. The van der Waals surface area contributed by atoms with Gasteiger partial charge in [0.05, 0.1) is 12.2 Å². The molecule has 20 heavy (non-hydrogen) atoms. The molecule has 5 unspecified atom stereocenters. The van der Waals surface area contributed by atoms with Crippen LogP contribution in [0.5, 0.6) is 0 Å². The zero-order valence-electron chi connectivity index (χ0n) is 12.2. The largest absolute Gasteiger partial charge is 0.372 e. The van der Waals surface area contributed by atoms with Crippen molar-refractivity contribution in [3.05, 3.63) is 35.4 Å². The molecular formula is C17H24N2O. The van der Waals surface area contributed by atoms with E-state index in [1.165, 1.54) is 30.4 Å². The Balaban J connectivity index is 1.61. The van der Waals surface area contributed by atoms with Gasteiger partial charge >= 0.3 is 0 Å². The third-order valence-electron chi connectivity index (χ3n) is 5.44. The molecule has 3 heteroatoms. The van der Waals surface area contributed by atoms with Crippen molar-refractivity contribution >= 4 is 0 Å². The second kappa shape index (κ2) is 4.83. The Kier molecular flexibility index (Phi) is 3.09. The van der Waals surface area contributed by atoms with Crippen LogP contribution in [0.15, 0.2) is 24.3 Å². The van der Waals surface area contributed by atoms with E-state index in [4.69, 9.17) is 10.5 Å². The molecule has 5 atom stereocenters. The topological polar surface area (TPSA) is 38.5 Å². The lowest BCUT2D eigenvalue weighted by molar-refractivity contribution is -0.0591. The second-order valence-electron chi connectivity index (χ2n) is 6.77. The van der Waals surface area contributed by atoms with Gasteiger partial charge in [-0.15, -0.1) is 0 Å². The fourth-order valence-electron chi connectivity index (χ4n) is 4.40. The van der Waals surface area contributed by atoms with E-state index in [0.717, 1.165) is 13.1 Å². The van der Waals surface area contributed by atoms with Crippen LogP contribution in [0.2, 0.25) is 0 Å². The SMILES string of the molecule is CC1CC(N2CC3CCC(C2)O3)C(N)c2ccccc21. The monoisotopic (exact) mass is 272 g/mol. The first kappa shape index (κ1) is 12.8. The molecule has 2 saturated heterocycles. The Bertz CT molecular complexity index is 492. The fraction of sp³-hybridized carbons (Fsp3) is 0.647. The van der Waals surface area contributed by atoms with E-state index in [2.05, 4.69) is 36.1 Å². The predicted octanol–water partition coefficient (Wildman–Crippen LogP) is 2.43. The summed E-state index contributed by atoms with van der Waals surface area (Å²) in [6.45, 7) is 4.49. The van der Waals surface area contributed by atoms with Crippen LogP contribution < -0.4 is 5.73 Å². The van der Waals surface area contributed by atoms with Gasteiger partial charge in [-0.3, -0.25) is 4.90 Å². The van der Waals surface area contributed by atoms with Crippen molar-refractivity contribution in [3.8, 4) is 0 Å². The van der Waals surface area contributed by atoms with Crippen molar-refractivity contribution in [2.24, 2.45) is 5.73 Å². The predicted molar refractivity (Wildman–Crippen MR) is 79.7 cm³/mol. The minimum Gasteiger partial charge on any atom is -0.372 e. The number of hydrogen-bond donors (Lipinski definition) is 1. The molecule has 4 rings (SSSR count). The highest BCUT2D eigenvalue weighted by molar-refractivity contribution is 5.36. The quantitative estimate of drug-likeness (QED) is 0.853. The van der Waals surface area contributed by atoms with Gasteiger partial charge in [0.2, 0.25) is 0 Å². The van der Waals surface area contributed by atoms with Gasteiger partial charge in [-0.2, -0.15) is 0 Å². The molecule has 2 heterocycles. The number of hydrogen-bond acceptors (Lipinski definition) is 3. The van der Waals surface area contributed by atoms with Gasteiger partial charge in [0, 0.05) is 25.2 Å². The molecule has 1 aliphatic carbocycles. The standard InChI is InChI=1S/C17H24N2O/c1-11-8-16(17(18)15-5-3-2-4-14(11)15)19-9-12-6-7-13(10-19)20-12/h2-5,11-13,16-17H,6-10,18H2,1H3. The van der Waals surface area contributed by atoms with E-state index >= 15 is 0 Å². The van der Waals surface area contributed by atoms with Crippen LogP contribution in [0.4, 0.5) is 0 Å². The summed E-state index contributed by atoms with van der Waals surface area (Å²) in [5.41, 5.74) is 9.42. The Morgan fingerprint density at radius 2 is 1.75 bits per heavy atom. The summed E-state index contributed by atoms with van der Waals surface area (Å²) in [5, 5.41) is 0. The van der Waals surface area contributed by atoms with Crippen LogP contribution in [-0.4, -0.2) is 36.2 Å². The van der Waals surface area contributed by atoms with Crippen LogP contribution in [0.3, 0.4) is 0 Å². The van der Waals surface area contributed by atoms with Crippen molar-refractivity contribution in [1.29, 1.82) is 0 Å². The van der Waals surface area contributed by atoms with E-state index in [1.54, 1.807) is 0 Å². The highest BCUT2D eigenvalue weighted by atomic mass is 16.5. The molecule has 2 bridgehead atoms. The lowest BCUT2D eigenvalue weighted by atomic mass is 9.77. The van der Waals surface area contributed by atoms with Gasteiger partial charge in [-0.25, -0.2) is 0 Å². The van der Waals surface area contributed by atoms with Crippen molar-refractivity contribution in [3.63, 3.8) is 0 Å². The van der Waals surface area contributed by atoms with E-state index < -0.39 is 0 Å². The van der Waals surface area contributed by atoms with Crippen molar-refractivity contribution < 1.29 is 4.74 Å². The number of fused-ring (bicyclic) bond motifs is 3. The first-order valence-electron chi connectivity index (χ1n) is 7.96. The maximum Gasteiger partial charge on any atom is 0.0707 e. The van der Waals surface area contributed by atoms with Crippen LogP contribution in [0.25, 0.3) is 0 Å². The average molecular weight is 272 g/mol. The number of nitrogens with two attached hydrogens (primary N) is 1. The van der Waals surface area contributed by atoms with Crippen LogP contribution in [0, 0.1) is 0 Å². The zero-order chi connectivity index (χ0) is 13.7. The van der Waals surface area contributed by atoms with Crippen LogP contribution >= 0.6 is 0 Å². The maximum atomic E-state index is 6.61. The van der Waals surface area contributed by atoms with Crippen LogP contribution in [-0.2, 0) is 4.74 Å². The lowest BCUT2D eigenvalue weighted by Crippen LogP contribution is -2.53. The number of likely N-dealkylation sites (tertiary alicyclic amines) is 1. The van der Waals surface area contributed by atoms with Crippen molar-refractivity contribution in [2.75, 3.05) is 13.1 Å². The highest BCUT2D eigenvalue weighted by Crippen LogP contribution is 2.40. The summed E-state index contributed by atoms with van der Waals surface area (Å²) >= 11 is 0. The van der Waals surface area contributed by atoms with Gasteiger partial charge in [-0.1, -0.05) is 31.2 Å². The number of benzene rings is 1. The molecule has 1 aromatic carbocycles. The summed E-state index contributed by atoms with van der Waals surface area (Å²) < 4.78 is 5.97. The molecule has 0 radical (unpaired) electrons. The Morgan fingerprint density at radius 1 is 1.10 bits per heavy atom. The summed E-state index contributed by atoms with van der Waals surface area (Å²) in [6, 6.07) is 9.36. The molecule has 0 saturated carbocycles. The normalized spacial score (nSPS) is 40.6.